The van der Waals surface area contributed by atoms with Crippen LogP contribution in [0.25, 0.3) is 0 Å². The van der Waals surface area contributed by atoms with Crippen molar-refractivity contribution in [3.8, 4) is 0 Å². The molecule has 2 rings (SSSR count). The van der Waals surface area contributed by atoms with Gasteiger partial charge < -0.3 is 16.0 Å². The van der Waals surface area contributed by atoms with Gasteiger partial charge >= 0.3 is 6.18 Å². The van der Waals surface area contributed by atoms with Crippen molar-refractivity contribution >= 4 is 11.6 Å². The summed E-state index contributed by atoms with van der Waals surface area (Å²) in [4.78, 5) is 8.95. The van der Waals surface area contributed by atoms with E-state index in [1.165, 1.54) is 6.07 Å². The Morgan fingerprint density at radius 1 is 1.33 bits per heavy atom. The molecule has 1 fully saturated rings. The molecular formula is C13H20F3N5. The molecule has 2 heterocycles. The van der Waals surface area contributed by atoms with E-state index in [2.05, 4.69) is 27.2 Å². The number of anilines is 2. The summed E-state index contributed by atoms with van der Waals surface area (Å²) in [7, 11) is 2.09. The highest BCUT2D eigenvalue weighted by Gasteiger charge is 2.35. The fraction of sp³-hybridized carbons (Fsp3) is 0.692. The molecule has 0 unspecified atom stereocenters. The second-order valence-electron chi connectivity index (χ2n) is 5.46. The van der Waals surface area contributed by atoms with Crippen LogP contribution >= 0.6 is 0 Å². The van der Waals surface area contributed by atoms with E-state index in [4.69, 9.17) is 5.73 Å². The summed E-state index contributed by atoms with van der Waals surface area (Å²) in [5, 5.41) is 2.91. The molecule has 0 radical (unpaired) electrons. The van der Waals surface area contributed by atoms with Crippen molar-refractivity contribution in [2.75, 3.05) is 37.7 Å². The predicted octanol–water partition coefficient (Wildman–Crippen LogP) is 2.22. The highest BCUT2D eigenvalue weighted by Crippen LogP contribution is 2.27. The number of halogens is 3. The number of piperidine rings is 1. The highest BCUT2D eigenvalue weighted by molar-refractivity contribution is 5.44. The van der Waals surface area contributed by atoms with E-state index in [1.54, 1.807) is 0 Å². The van der Waals surface area contributed by atoms with Crippen molar-refractivity contribution < 1.29 is 13.2 Å². The molecule has 1 aliphatic rings. The molecular weight excluding hydrogens is 283 g/mol. The van der Waals surface area contributed by atoms with Gasteiger partial charge in [-0.1, -0.05) is 0 Å². The molecule has 118 valence electrons. The molecule has 0 amide bonds. The van der Waals surface area contributed by atoms with Gasteiger partial charge in [-0.3, -0.25) is 0 Å². The van der Waals surface area contributed by atoms with Crippen LogP contribution in [0.4, 0.5) is 24.8 Å². The van der Waals surface area contributed by atoms with Crippen molar-refractivity contribution in [2.24, 2.45) is 5.92 Å². The Morgan fingerprint density at radius 2 is 2.00 bits per heavy atom. The average molecular weight is 303 g/mol. The van der Waals surface area contributed by atoms with Crippen molar-refractivity contribution in [3.05, 3.63) is 11.9 Å². The van der Waals surface area contributed by atoms with Gasteiger partial charge in [-0.25, -0.2) is 9.97 Å². The number of hydrogen-bond donors (Lipinski definition) is 2. The van der Waals surface area contributed by atoms with Gasteiger partial charge in [0, 0.05) is 12.6 Å². The van der Waals surface area contributed by atoms with Crippen molar-refractivity contribution in [1.82, 2.24) is 14.9 Å². The first kappa shape index (κ1) is 15.8. The summed E-state index contributed by atoms with van der Waals surface area (Å²) in [6, 6.07) is 1.32. The first-order valence-electron chi connectivity index (χ1n) is 6.99. The molecule has 1 saturated heterocycles. The number of nitrogens with one attached hydrogen (secondary N) is 1. The summed E-state index contributed by atoms with van der Waals surface area (Å²) in [6.45, 7) is 2.73. The molecule has 1 aliphatic heterocycles. The normalized spacial score (nSPS) is 17.9. The fourth-order valence-electron chi connectivity index (χ4n) is 2.44. The summed E-state index contributed by atoms with van der Waals surface area (Å²) in [5.74, 6) is -0.652. The Hall–Kier alpha value is -1.57. The summed E-state index contributed by atoms with van der Waals surface area (Å²) in [5.41, 5.74) is 5.39. The number of likely N-dealkylation sites (tertiary alicyclic amines) is 1. The fourth-order valence-corrected chi connectivity index (χ4v) is 2.44. The van der Waals surface area contributed by atoms with Gasteiger partial charge in [0.2, 0.25) is 5.82 Å². The van der Waals surface area contributed by atoms with Crippen LogP contribution in [0.5, 0.6) is 0 Å². The SMILES string of the molecule is CN1CCC(CCNc2cc(N)nc(C(F)(F)F)n2)CC1. The van der Waals surface area contributed by atoms with Crippen LogP contribution in [0.2, 0.25) is 0 Å². The maximum atomic E-state index is 12.6. The number of rotatable bonds is 4. The van der Waals surface area contributed by atoms with Crippen molar-refractivity contribution in [3.63, 3.8) is 0 Å². The Labute approximate surface area is 121 Å². The molecule has 0 spiro atoms. The highest BCUT2D eigenvalue weighted by atomic mass is 19.4. The number of aromatic nitrogens is 2. The van der Waals surface area contributed by atoms with Crippen LogP contribution in [0, 0.1) is 5.92 Å². The molecule has 0 bridgehead atoms. The van der Waals surface area contributed by atoms with E-state index in [-0.39, 0.29) is 11.6 Å². The number of nitrogens with two attached hydrogens (primary N) is 1. The quantitative estimate of drug-likeness (QED) is 0.893. The lowest BCUT2D eigenvalue weighted by Gasteiger charge is -2.28. The molecule has 0 aromatic carbocycles. The molecule has 0 aliphatic carbocycles. The first-order chi connectivity index (χ1) is 9.84. The monoisotopic (exact) mass is 303 g/mol. The van der Waals surface area contributed by atoms with Crippen LogP contribution in [-0.2, 0) is 6.18 Å². The molecule has 3 N–H and O–H groups in total. The Bertz CT molecular complexity index is 469. The zero-order valence-corrected chi connectivity index (χ0v) is 12.0. The predicted molar refractivity (Wildman–Crippen MR) is 74.8 cm³/mol. The van der Waals surface area contributed by atoms with Gasteiger partial charge in [0.25, 0.3) is 0 Å². The van der Waals surface area contributed by atoms with E-state index in [1.807, 2.05) is 0 Å². The molecule has 1 aromatic heterocycles. The second kappa shape index (κ2) is 6.46. The zero-order valence-electron chi connectivity index (χ0n) is 12.0. The van der Waals surface area contributed by atoms with Crippen molar-refractivity contribution in [2.45, 2.75) is 25.4 Å². The second-order valence-corrected chi connectivity index (χ2v) is 5.46. The van der Waals surface area contributed by atoms with Crippen LogP contribution in [0.3, 0.4) is 0 Å². The minimum atomic E-state index is -4.58. The number of alkyl halides is 3. The molecule has 0 saturated carbocycles. The number of nitrogens with zero attached hydrogens (tertiary/aromatic N) is 3. The number of nitrogen functional groups attached to an aromatic ring is 1. The van der Waals surface area contributed by atoms with Gasteiger partial charge in [-0.05, 0) is 45.3 Å². The average Bonchev–Trinajstić information content (AvgIpc) is 2.39. The largest absolute Gasteiger partial charge is 0.451 e. The van der Waals surface area contributed by atoms with E-state index in [0.717, 1.165) is 32.4 Å². The Kier molecular flexibility index (Phi) is 4.87. The Balaban J connectivity index is 1.87. The third-order valence-electron chi connectivity index (χ3n) is 3.70. The van der Waals surface area contributed by atoms with Gasteiger partial charge in [0.1, 0.15) is 11.6 Å². The van der Waals surface area contributed by atoms with E-state index < -0.39 is 12.0 Å². The van der Waals surface area contributed by atoms with Gasteiger partial charge in [-0.2, -0.15) is 13.2 Å². The molecule has 0 atom stereocenters. The van der Waals surface area contributed by atoms with E-state index in [0.29, 0.717) is 12.5 Å². The number of hydrogen-bond acceptors (Lipinski definition) is 5. The first-order valence-corrected chi connectivity index (χ1v) is 6.99. The summed E-state index contributed by atoms with van der Waals surface area (Å²) in [6.07, 6.45) is -1.42. The smallest absolute Gasteiger partial charge is 0.384 e. The van der Waals surface area contributed by atoms with Crippen LogP contribution in [0.1, 0.15) is 25.1 Å². The standard InChI is InChI=1S/C13H20F3N5/c1-21-6-3-9(4-7-21)2-5-18-11-8-10(17)19-12(20-11)13(14,15)16/h8-9H,2-7H2,1H3,(H3,17,18,19,20). The van der Waals surface area contributed by atoms with Gasteiger partial charge in [-0.15, -0.1) is 0 Å². The molecule has 1 aromatic rings. The molecule has 21 heavy (non-hydrogen) atoms. The van der Waals surface area contributed by atoms with Crippen LogP contribution in [0.15, 0.2) is 6.07 Å². The lowest BCUT2D eigenvalue weighted by molar-refractivity contribution is -0.144. The van der Waals surface area contributed by atoms with Gasteiger partial charge in [0.05, 0.1) is 0 Å². The third kappa shape index (κ3) is 4.73. The maximum absolute atomic E-state index is 12.6. The topological polar surface area (TPSA) is 67.1 Å². The lowest BCUT2D eigenvalue weighted by atomic mass is 9.94. The summed E-state index contributed by atoms with van der Waals surface area (Å²) < 4.78 is 37.8. The third-order valence-corrected chi connectivity index (χ3v) is 3.70. The zero-order chi connectivity index (χ0) is 15.5. The van der Waals surface area contributed by atoms with Gasteiger partial charge in [0.15, 0.2) is 0 Å². The van der Waals surface area contributed by atoms with Crippen LogP contribution < -0.4 is 11.1 Å². The lowest BCUT2D eigenvalue weighted by Crippen LogP contribution is -2.30. The van der Waals surface area contributed by atoms with Crippen LogP contribution in [-0.4, -0.2) is 41.5 Å². The van der Waals surface area contributed by atoms with Crippen molar-refractivity contribution in [1.29, 1.82) is 0 Å². The van der Waals surface area contributed by atoms with E-state index >= 15 is 0 Å². The molecule has 5 nitrogen and oxygen atoms in total. The molecule has 8 heteroatoms. The maximum Gasteiger partial charge on any atom is 0.451 e. The minimum Gasteiger partial charge on any atom is -0.384 e. The Morgan fingerprint density at radius 3 is 2.62 bits per heavy atom. The minimum absolute atomic E-state index is 0.128. The summed E-state index contributed by atoms with van der Waals surface area (Å²) >= 11 is 0. The van der Waals surface area contributed by atoms with E-state index in [9.17, 15) is 13.2 Å².